The van der Waals surface area contributed by atoms with Crippen LogP contribution in [0.4, 0.5) is 0 Å². The molecule has 4 rings (SSSR count). The van der Waals surface area contributed by atoms with Crippen LogP contribution >= 0.6 is 0 Å². The Labute approximate surface area is 165 Å². The second kappa shape index (κ2) is 7.04. The van der Waals surface area contributed by atoms with Gasteiger partial charge in [-0.1, -0.05) is 0 Å². The predicted octanol–water partition coefficient (Wildman–Crippen LogP) is 3.91. The summed E-state index contributed by atoms with van der Waals surface area (Å²) in [6.07, 6.45) is 4.05. The molecule has 0 spiro atoms. The molecule has 1 N–H and O–H groups in total. The Balaban J connectivity index is 1.75. The number of pyridine rings is 1. The first-order valence-electron chi connectivity index (χ1n) is 10.1. The molecule has 0 bridgehead atoms. The van der Waals surface area contributed by atoms with Gasteiger partial charge in [0.05, 0.1) is 28.4 Å². The predicted molar refractivity (Wildman–Crippen MR) is 108 cm³/mol. The van der Waals surface area contributed by atoms with E-state index in [1.807, 2.05) is 42.3 Å². The van der Waals surface area contributed by atoms with Crippen LogP contribution < -0.4 is 5.32 Å². The minimum Gasteiger partial charge on any atom is -0.344 e. The number of nitrogens with zero attached hydrogens (tertiary/aromatic N) is 5. The maximum Gasteiger partial charge on any atom is 0.252 e. The molecule has 7 nitrogen and oxygen atoms in total. The fourth-order valence-corrected chi connectivity index (χ4v) is 3.78. The normalized spacial score (nSPS) is 15.4. The van der Waals surface area contributed by atoms with E-state index in [2.05, 4.69) is 29.4 Å². The lowest BCUT2D eigenvalue weighted by molar-refractivity contribution is 0.0939. The van der Waals surface area contributed by atoms with E-state index in [4.69, 9.17) is 4.98 Å². The molecule has 0 aromatic carbocycles. The van der Waals surface area contributed by atoms with E-state index in [-0.39, 0.29) is 18.0 Å². The van der Waals surface area contributed by atoms with Gasteiger partial charge in [-0.25, -0.2) is 9.67 Å². The first kappa shape index (κ1) is 18.7. The molecule has 1 amide bonds. The summed E-state index contributed by atoms with van der Waals surface area (Å²) in [5, 5.41) is 13.0. The van der Waals surface area contributed by atoms with Gasteiger partial charge in [-0.2, -0.15) is 10.2 Å². The standard InChI is InChI=1S/C21H28N6O/c1-6-26-18(9-10-22-26)13(4)23-21(28)16-11-17(15-7-8-15)24-20-19(16)14(5)25-27(20)12(2)3/h9-13,15H,6-8H2,1-5H3,(H,23,28)/t13-/m0/s1. The SMILES string of the molecule is CCn1nccc1[C@H](C)NC(=O)c1cc(C2CC2)nc2c1c(C)nn2C(C)C. The summed E-state index contributed by atoms with van der Waals surface area (Å²) in [7, 11) is 0. The zero-order chi connectivity index (χ0) is 20.0. The smallest absolute Gasteiger partial charge is 0.252 e. The molecule has 1 atom stereocenters. The average Bonchev–Trinajstić information content (AvgIpc) is 3.31. The zero-order valence-corrected chi connectivity index (χ0v) is 17.2. The molecule has 28 heavy (non-hydrogen) atoms. The van der Waals surface area contributed by atoms with Gasteiger partial charge < -0.3 is 5.32 Å². The van der Waals surface area contributed by atoms with Crippen LogP contribution in [0.15, 0.2) is 18.3 Å². The van der Waals surface area contributed by atoms with Crippen LogP contribution in [0.1, 0.15) is 86.0 Å². The zero-order valence-electron chi connectivity index (χ0n) is 17.2. The highest BCUT2D eigenvalue weighted by atomic mass is 16.1. The minimum absolute atomic E-state index is 0.0861. The van der Waals surface area contributed by atoms with Gasteiger partial charge in [-0.15, -0.1) is 0 Å². The van der Waals surface area contributed by atoms with Crippen LogP contribution in [0.5, 0.6) is 0 Å². The lowest BCUT2D eigenvalue weighted by atomic mass is 10.1. The number of aryl methyl sites for hydroxylation is 2. The van der Waals surface area contributed by atoms with Crippen molar-refractivity contribution in [3.05, 3.63) is 41.0 Å². The van der Waals surface area contributed by atoms with Gasteiger partial charge in [0.1, 0.15) is 0 Å². The molecule has 0 radical (unpaired) electrons. The van der Waals surface area contributed by atoms with Crippen LogP contribution in [-0.2, 0) is 6.54 Å². The first-order chi connectivity index (χ1) is 13.4. The Morgan fingerprint density at radius 3 is 2.71 bits per heavy atom. The molecule has 3 aromatic rings. The number of nitrogens with one attached hydrogen (secondary N) is 1. The molecule has 0 saturated heterocycles. The van der Waals surface area contributed by atoms with Crippen molar-refractivity contribution in [1.29, 1.82) is 0 Å². The molecular weight excluding hydrogens is 352 g/mol. The third kappa shape index (κ3) is 3.19. The van der Waals surface area contributed by atoms with Crippen molar-refractivity contribution in [3.8, 4) is 0 Å². The van der Waals surface area contributed by atoms with Gasteiger partial charge >= 0.3 is 0 Å². The summed E-state index contributed by atoms with van der Waals surface area (Å²) in [5.41, 5.74) is 4.33. The number of aromatic nitrogens is 5. The highest BCUT2D eigenvalue weighted by Crippen LogP contribution is 2.40. The summed E-state index contributed by atoms with van der Waals surface area (Å²) < 4.78 is 3.84. The van der Waals surface area contributed by atoms with Crippen molar-refractivity contribution in [1.82, 2.24) is 29.9 Å². The minimum atomic E-state index is -0.136. The maximum absolute atomic E-state index is 13.3. The van der Waals surface area contributed by atoms with Crippen molar-refractivity contribution >= 4 is 16.9 Å². The van der Waals surface area contributed by atoms with Gasteiger partial charge in [0.2, 0.25) is 0 Å². The Bertz CT molecular complexity index is 1030. The maximum atomic E-state index is 13.3. The molecular formula is C21H28N6O. The summed E-state index contributed by atoms with van der Waals surface area (Å²) in [6.45, 7) is 10.9. The lowest BCUT2D eigenvalue weighted by Gasteiger charge is -2.16. The van der Waals surface area contributed by atoms with Crippen LogP contribution in [0, 0.1) is 6.92 Å². The largest absolute Gasteiger partial charge is 0.344 e. The molecule has 1 aliphatic carbocycles. The lowest BCUT2D eigenvalue weighted by Crippen LogP contribution is -2.28. The fourth-order valence-electron chi connectivity index (χ4n) is 3.78. The second-order valence-corrected chi connectivity index (χ2v) is 7.96. The van der Waals surface area contributed by atoms with Crippen LogP contribution in [-0.4, -0.2) is 30.5 Å². The van der Waals surface area contributed by atoms with E-state index in [0.29, 0.717) is 11.5 Å². The number of hydrogen-bond donors (Lipinski definition) is 1. The molecule has 1 saturated carbocycles. The van der Waals surface area contributed by atoms with Gasteiger partial charge in [0, 0.05) is 30.4 Å². The van der Waals surface area contributed by atoms with Crippen LogP contribution in [0.2, 0.25) is 0 Å². The third-order valence-corrected chi connectivity index (χ3v) is 5.43. The van der Waals surface area contributed by atoms with Crippen LogP contribution in [0.25, 0.3) is 11.0 Å². The highest BCUT2D eigenvalue weighted by molar-refractivity contribution is 6.06. The Hall–Kier alpha value is -2.70. The quantitative estimate of drug-likeness (QED) is 0.703. The molecule has 0 unspecified atom stereocenters. The van der Waals surface area contributed by atoms with Crippen molar-refractivity contribution in [2.45, 2.75) is 72.0 Å². The molecule has 1 aliphatic rings. The number of rotatable bonds is 6. The molecule has 3 aromatic heterocycles. The van der Waals surface area contributed by atoms with Gasteiger partial charge in [0.25, 0.3) is 5.91 Å². The third-order valence-electron chi connectivity index (χ3n) is 5.43. The van der Waals surface area contributed by atoms with Crippen molar-refractivity contribution in [3.63, 3.8) is 0 Å². The van der Waals surface area contributed by atoms with E-state index < -0.39 is 0 Å². The molecule has 3 heterocycles. The number of carbonyl (C=O) groups excluding carboxylic acids is 1. The van der Waals surface area contributed by atoms with Gasteiger partial charge in [-0.3, -0.25) is 9.48 Å². The Morgan fingerprint density at radius 2 is 2.07 bits per heavy atom. The number of fused-ring (bicyclic) bond motifs is 1. The van der Waals surface area contributed by atoms with Crippen molar-refractivity contribution in [2.24, 2.45) is 0 Å². The van der Waals surface area contributed by atoms with Crippen molar-refractivity contribution in [2.75, 3.05) is 0 Å². The average molecular weight is 380 g/mol. The van der Waals surface area contributed by atoms with Gasteiger partial charge in [-0.05, 0) is 59.6 Å². The summed E-state index contributed by atoms with van der Waals surface area (Å²) in [5.74, 6) is 0.378. The number of hydrogen-bond acceptors (Lipinski definition) is 4. The molecule has 1 fully saturated rings. The molecule has 0 aliphatic heterocycles. The Morgan fingerprint density at radius 1 is 1.32 bits per heavy atom. The Kier molecular flexibility index (Phi) is 4.69. The highest BCUT2D eigenvalue weighted by Gasteiger charge is 2.29. The number of carbonyl (C=O) groups is 1. The van der Waals surface area contributed by atoms with E-state index in [9.17, 15) is 4.79 Å². The van der Waals surface area contributed by atoms with E-state index >= 15 is 0 Å². The summed E-state index contributed by atoms with van der Waals surface area (Å²) in [6, 6.07) is 3.97. The monoisotopic (exact) mass is 380 g/mol. The summed E-state index contributed by atoms with van der Waals surface area (Å²) >= 11 is 0. The first-order valence-corrected chi connectivity index (χ1v) is 10.1. The van der Waals surface area contributed by atoms with E-state index in [1.54, 1.807) is 6.20 Å². The second-order valence-electron chi connectivity index (χ2n) is 7.96. The molecule has 148 valence electrons. The van der Waals surface area contributed by atoms with E-state index in [0.717, 1.165) is 47.5 Å². The number of amides is 1. The molecule has 7 heteroatoms. The van der Waals surface area contributed by atoms with Crippen LogP contribution in [0.3, 0.4) is 0 Å². The van der Waals surface area contributed by atoms with Crippen molar-refractivity contribution < 1.29 is 4.79 Å². The summed E-state index contributed by atoms with van der Waals surface area (Å²) in [4.78, 5) is 18.2. The topological polar surface area (TPSA) is 77.6 Å². The van der Waals surface area contributed by atoms with Gasteiger partial charge in [0.15, 0.2) is 5.65 Å². The fraction of sp³-hybridized carbons (Fsp3) is 0.524. The van der Waals surface area contributed by atoms with E-state index in [1.165, 1.54) is 0 Å².